The molecule has 0 saturated heterocycles. The van der Waals surface area contributed by atoms with Crippen LogP contribution < -0.4 is 5.73 Å². The largest absolute Gasteiger partial charge is 0.320 e. The van der Waals surface area contributed by atoms with Crippen LogP contribution in [0.3, 0.4) is 0 Å². The van der Waals surface area contributed by atoms with Crippen LogP contribution in [0.5, 0.6) is 0 Å². The lowest BCUT2D eigenvalue weighted by molar-refractivity contribution is 0.598. The Hall–Kier alpha value is -1.67. The summed E-state index contributed by atoms with van der Waals surface area (Å²) in [5.41, 5.74) is 11.4. The van der Waals surface area contributed by atoms with E-state index in [9.17, 15) is 4.39 Å². The first-order valence-electron chi connectivity index (χ1n) is 7.20. The van der Waals surface area contributed by atoms with Gasteiger partial charge in [0.15, 0.2) is 0 Å². The number of nitrogens with two attached hydrogens (primary N) is 1. The van der Waals surface area contributed by atoms with E-state index < -0.39 is 6.04 Å². The number of rotatable bonds is 4. The number of hydrogen-bond donors (Lipinski definition) is 1. The number of aryl methyl sites for hydroxylation is 3. The summed E-state index contributed by atoms with van der Waals surface area (Å²) >= 11 is 0. The van der Waals surface area contributed by atoms with Crippen LogP contribution in [-0.2, 0) is 12.8 Å². The van der Waals surface area contributed by atoms with E-state index in [2.05, 4.69) is 32.0 Å². The molecule has 0 heterocycles. The Morgan fingerprint density at radius 3 is 2.40 bits per heavy atom. The van der Waals surface area contributed by atoms with Crippen molar-refractivity contribution in [2.45, 2.75) is 39.7 Å². The zero-order valence-electron chi connectivity index (χ0n) is 12.4. The number of hydrogen-bond acceptors (Lipinski definition) is 1. The summed E-state index contributed by atoms with van der Waals surface area (Å²) in [7, 11) is 0. The fourth-order valence-corrected chi connectivity index (χ4v) is 2.54. The molecule has 0 fully saturated rings. The second kappa shape index (κ2) is 6.19. The summed E-state index contributed by atoms with van der Waals surface area (Å²) in [6.45, 7) is 6.17. The van der Waals surface area contributed by atoms with E-state index in [1.807, 2.05) is 13.0 Å². The third-order valence-electron chi connectivity index (χ3n) is 3.82. The van der Waals surface area contributed by atoms with Crippen molar-refractivity contribution in [3.05, 3.63) is 70.0 Å². The van der Waals surface area contributed by atoms with Crippen molar-refractivity contribution in [2.75, 3.05) is 0 Å². The first kappa shape index (κ1) is 14.7. The molecule has 1 unspecified atom stereocenters. The highest BCUT2D eigenvalue weighted by molar-refractivity contribution is 5.41. The molecule has 0 spiro atoms. The van der Waals surface area contributed by atoms with Crippen LogP contribution in [0.1, 0.15) is 47.7 Å². The van der Waals surface area contributed by atoms with E-state index in [4.69, 9.17) is 5.73 Å². The molecule has 2 N–H and O–H groups in total. The van der Waals surface area contributed by atoms with E-state index in [-0.39, 0.29) is 5.82 Å². The molecule has 2 heteroatoms. The molecule has 0 bridgehead atoms. The Morgan fingerprint density at radius 1 is 1.00 bits per heavy atom. The van der Waals surface area contributed by atoms with Gasteiger partial charge in [0.05, 0.1) is 6.04 Å². The normalized spacial score (nSPS) is 12.4. The Kier molecular flexibility index (Phi) is 4.56. The van der Waals surface area contributed by atoms with Gasteiger partial charge in [-0.2, -0.15) is 0 Å². The van der Waals surface area contributed by atoms with Gasteiger partial charge in [-0.1, -0.05) is 49.7 Å². The summed E-state index contributed by atoms with van der Waals surface area (Å²) in [6.07, 6.45) is 1.86. The maximum absolute atomic E-state index is 14.0. The smallest absolute Gasteiger partial charge is 0.128 e. The van der Waals surface area contributed by atoms with Gasteiger partial charge in [-0.15, -0.1) is 0 Å². The SMILES string of the molecule is CCc1ccc(CC)c(C(N)c2cc(C)ccc2F)c1. The van der Waals surface area contributed by atoms with Gasteiger partial charge in [0.2, 0.25) is 0 Å². The Labute approximate surface area is 120 Å². The second-order valence-electron chi connectivity index (χ2n) is 5.24. The van der Waals surface area contributed by atoms with Gasteiger partial charge >= 0.3 is 0 Å². The molecule has 20 heavy (non-hydrogen) atoms. The first-order chi connectivity index (χ1) is 9.56. The van der Waals surface area contributed by atoms with Crippen LogP contribution in [0.2, 0.25) is 0 Å². The third-order valence-corrected chi connectivity index (χ3v) is 3.82. The van der Waals surface area contributed by atoms with Crippen molar-refractivity contribution in [2.24, 2.45) is 5.73 Å². The van der Waals surface area contributed by atoms with Gasteiger partial charge in [-0.05, 0) is 42.5 Å². The average Bonchev–Trinajstić information content (AvgIpc) is 2.48. The molecule has 0 aromatic heterocycles. The topological polar surface area (TPSA) is 26.0 Å². The minimum atomic E-state index is -0.406. The van der Waals surface area contributed by atoms with Gasteiger partial charge < -0.3 is 5.73 Å². The van der Waals surface area contributed by atoms with Gasteiger partial charge in [-0.25, -0.2) is 4.39 Å². The van der Waals surface area contributed by atoms with Crippen molar-refractivity contribution >= 4 is 0 Å². The van der Waals surface area contributed by atoms with Crippen molar-refractivity contribution in [3.63, 3.8) is 0 Å². The van der Waals surface area contributed by atoms with Crippen molar-refractivity contribution in [3.8, 4) is 0 Å². The Bertz CT molecular complexity index is 604. The van der Waals surface area contributed by atoms with E-state index in [0.29, 0.717) is 5.56 Å². The molecule has 0 amide bonds. The van der Waals surface area contributed by atoms with Gasteiger partial charge in [-0.3, -0.25) is 0 Å². The zero-order valence-corrected chi connectivity index (χ0v) is 12.4. The molecule has 0 aliphatic rings. The summed E-state index contributed by atoms with van der Waals surface area (Å²) in [6, 6.07) is 11.1. The molecular formula is C18H22FN. The monoisotopic (exact) mass is 271 g/mol. The molecule has 2 rings (SSSR count). The molecule has 1 atom stereocenters. The Balaban J connectivity index is 2.51. The molecule has 2 aromatic rings. The minimum absolute atomic E-state index is 0.230. The van der Waals surface area contributed by atoms with Crippen LogP contribution in [0.15, 0.2) is 36.4 Å². The summed E-state index contributed by atoms with van der Waals surface area (Å²) in [4.78, 5) is 0. The maximum atomic E-state index is 14.0. The van der Waals surface area contributed by atoms with E-state index in [0.717, 1.165) is 24.0 Å². The van der Waals surface area contributed by atoms with Crippen LogP contribution in [0.25, 0.3) is 0 Å². The standard InChI is InChI=1S/C18H22FN/c1-4-13-7-8-14(5-2)15(11-13)18(20)16-10-12(3)6-9-17(16)19/h6-11,18H,4-5,20H2,1-3H3. The van der Waals surface area contributed by atoms with Crippen molar-refractivity contribution < 1.29 is 4.39 Å². The minimum Gasteiger partial charge on any atom is -0.320 e. The molecule has 2 aromatic carbocycles. The highest BCUT2D eigenvalue weighted by Gasteiger charge is 2.17. The van der Waals surface area contributed by atoms with Crippen molar-refractivity contribution in [1.82, 2.24) is 0 Å². The maximum Gasteiger partial charge on any atom is 0.128 e. The first-order valence-corrected chi connectivity index (χ1v) is 7.20. The summed E-state index contributed by atoms with van der Waals surface area (Å²) in [5, 5.41) is 0. The third kappa shape index (κ3) is 2.91. The van der Waals surface area contributed by atoms with Crippen LogP contribution in [-0.4, -0.2) is 0 Å². The average molecular weight is 271 g/mol. The lowest BCUT2D eigenvalue weighted by Gasteiger charge is -2.18. The van der Waals surface area contributed by atoms with Gasteiger partial charge in [0.1, 0.15) is 5.82 Å². The van der Waals surface area contributed by atoms with E-state index >= 15 is 0 Å². The van der Waals surface area contributed by atoms with Crippen LogP contribution >= 0.6 is 0 Å². The van der Waals surface area contributed by atoms with Crippen LogP contribution in [0, 0.1) is 12.7 Å². The number of halogens is 1. The fraction of sp³-hybridized carbons (Fsp3) is 0.333. The quantitative estimate of drug-likeness (QED) is 0.881. The fourth-order valence-electron chi connectivity index (χ4n) is 2.54. The zero-order chi connectivity index (χ0) is 14.7. The molecule has 0 saturated carbocycles. The molecule has 1 nitrogen and oxygen atoms in total. The lowest BCUT2D eigenvalue weighted by atomic mass is 9.91. The number of benzene rings is 2. The second-order valence-corrected chi connectivity index (χ2v) is 5.24. The van der Waals surface area contributed by atoms with E-state index in [1.54, 1.807) is 6.07 Å². The highest BCUT2D eigenvalue weighted by Crippen LogP contribution is 2.27. The van der Waals surface area contributed by atoms with Crippen LogP contribution in [0.4, 0.5) is 4.39 Å². The molecule has 0 aliphatic heterocycles. The predicted octanol–water partition coefficient (Wildman–Crippen LogP) is 4.31. The molecule has 106 valence electrons. The molecule has 0 radical (unpaired) electrons. The Morgan fingerprint density at radius 2 is 1.75 bits per heavy atom. The highest BCUT2D eigenvalue weighted by atomic mass is 19.1. The molecule has 0 aliphatic carbocycles. The van der Waals surface area contributed by atoms with E-state index in [1.165, 1.54) is 17.2 Å². The van der Waals surface area contributed by atoms with Crippen molar-refractivity contribution in [1.29, 1.82) is 0 Å². The summed E-state index contributed by atoms with van der Waals surface area (Å²) < 4.78 is 14.0. The predicted molar refractivity (Wildman–Crippen MR) is 82.4 cm³/mol. The summed E-state index contributed by atoms with van der Waals surface area (Å²) in [5.74, 6) is -0.230. The lowest BCUT2D eigenvalue weighted by Crippen LogP contribution is -2.16. The van der Waals surface area contributed by atoms with Gasteiger partial charge in [0.25, 0.3) is 0 Å². The van der Waals surface area contributed by atoms with Gasteiger partial charge in [0, 0.05) is 5.56 Å². The molecular weight excluding hydrogens is 249 g/mol.